The third-order valence-electron chi connectivity index (χ3n) is 1.94. The Morgan fingerprint density at radius 1 is 1.55 bits per heavy atom. The summed E-state index contributed by atoms with van der Waals surface area (Å²) in [5.74, 6) is -2.71. The predicted octanol–water partition coefficient (Wildman–Crippen LogP) is -3.44. The van der Waals surface area contributed by atoms with Crippen LogP contribution in [0, 0.1) is 0 Å². The highest BCUT2D eigenvalue weighted by atomic mass is 16.4. The maximum atomic E-state index is 10.4. The lowest BCUT2D eigenvalue weighted by atomic mass is 10.1. The van der Waals surface area contributed by atoms with Gasteiger partial charge in [0.25, 0.3) is 0 Å². The highest BCUT2D eigenvalue weighted by Gasteiger charge is 2.50. The molecule has 0 aliphatic carbocycles. The summed E-state index contributed by atoms with van der Waals surface area (Å²) < 4.78 is 0. The van der Waals surface area contributed by atoms with Gasteiger partial charge in [0.05, 0.1) is 11.5 Å². The molecule has 11 heavy (non-hydrogen) atoms. The minimum absolute atomic E-state index is 0.226. The van der Waals surface area contributed by atoms with Crippen molar-refractivity contribution in [3.8, 4) is 0 Å². The molecule has 1 aliphatic heterocycles. The molecular formula is C6H7NO4-2. The Morgan fingerprint density at radius 2 is 2.00 bits per heavy atom. The Labute approximate surface area is 63.2 Å². The maximum absolute atomic E-state index is 10.4. The SMILES string of the molecule is CN1CC1(CC(=O)[O-])C(=O)[O-]. The Kier molecular flexibility index (Phi) is 1.60. The Balaban J connectivity index is 2.65. The van der Waals surface area contributed by atoms with E-state index < -0.39 is 23.9 Å². The van der Waals surface area contributed by atoms with E-state index in [1.165, 1.54) is 11.9 Å². The highest BCUT2D eigenvalue weighted by Crippen LogP contribution is 2.32. The monoisotopic (exact) mass is 157 g/mol. The zero-order valence-corrected chi connectivity index (χ0v) is 5.99. The quantitative estimate of drug-likeness (QED) is 0.398. The molecule has 5 heteroatoms. The van der Waals surface area contributed by atoms with E-state index in [-0.39, 0.29) is 6.54 Å². The molecule has 2 unspecified atom stereocenters. The van der Waals surface area contributed by atoms with Gasteiger partial charge in [-0.1, -0.05) is 0 Å². The molecule has 1 saturated heterocycles. The maximum Gasteiger partial charge on any atom is 0.0786 e. The molecule has 1 fully saturated rings. The molecule has 0 radical (unpaired) electrons. The molecule has 0 bridgehead atoms. The van der Waals surface area contributed by atoms with E-state index in [9.17, 15) is 19.8 Å². The zero-order chi connectivity index (χ0) is 8.65. The molecule has 62 valence electrons. The molecule has 5 nitrogen and oxygen atoms in total. The average Bonchev–Trinajstić information content (AvgIpc) is 2.41. The molecule has 0 aromatic carbocycles. The number of carboxylic acids is 2. The van der Waals surface area contributed by atoms with Gasteiger partial charge in [-0.15, -0.1) is 0 Å². The van der Waals surface area contributed by atoms with Crippen molar-refractivity contribution in [1.29, 1.82) is 0 Å². The van der Waals surface area contributed by atoms with Crippen LogP contribution in [0.25, 0.3) is 0 Å². The molecule has 0 spiro atoms. The van der Waals surface area contributed by atoms with Crippen molar-refractivity contribution in [3.63, 3.8) is 0 Å². The fourth-order valence-corrected chi connectivity index (χ4v) is 1.08. The molecule has 1 heterocycles. The highest BCUT2D eigenvalue weighted by molar-refractivity contribution is 5.86. The van der Waals surface area contributed by atoms with Crippen molar-refractivity contribution >= 4 is 11.9 Å². The number of carbonyl (C=O) groups is 2. The molecule has 0 saturated carbocycles. The first-order valence-corrected chi connectivity index (χ1v) is 3.11. The van der Waals surface area contributed by atoms with Crippen molar-refractivity contribution in [1.82, 2.24) is 4.90 Å². The predicted molar refractivity (Wildman–Crippen MR) is 30.0 cm³/mol. The van der Waals surface area contributed by atoms with E-state index in [0.29, 0.717) is 0 Å². The largest absolute Gasteiger partial charge is 0.550 e. The lowest BCUT2D eigenvalue weighted by molar-refractivity contribution is -0.319. The van der Waals surface area contributed by atoms with Crippen molar-refractivity contribution < 1.29 is 19.8 Å². The normalized spacial score (nSPS) is 34.8. The van der Waals surface area contributed by atoms with Crippen LogP contribution in [0.2, 0.25) is 0 Å². The number of carbonyl (C=O) groups excluding carboxylic acids is 2. The first-order valence-electron chi connectivity index (χ1n) is 3.11. The van der Waals surface area contributed by atoms with Crippen molar-refractivity contribution in [2.75, 3.05) is 13.6 Å². The molecule has 0 aromatic rings. The van der Waals surface area contributed by atoms with E-state index in [1.807, 2.05) is 0 Å². The summed E-state index contributed by atoms with van der Waals surface area (Å²) in [6.45, 7) is 0.226. The van der Waals surface area contributed by atoms with Crippen LogP contribution in [0.5, 0.6) is 0 Å². The van der Waals surface area contributed by atoms with Crippen LogP contribution in [-0.4, -0.2) is 36.0 Å². The number of likely N-dealkylation sites (N-methyl/N-ethyl adjacent to an activating group) is 1. The van der Waals surface area contributed by atoms with Gasteiger partial charge < -0.3 is 19.8 Å². The molecule has 1 rings (SSSR count). The van der Waals surface area contributed by atoms with Crippen molar-refractivity contribution in [3.05, 3.63) is 0 Å². The van der Waals surface area contributed by atoms with Gasteiger partial charge in [0.2, 0.25) is 0 Å². The number of hydrogen-bond donors (Lipinski definition) is 0. The fourth-order valence-electron chi connectivity index (χ4n) is 1.08. The molecule has 0 N–H and O–H groups in total. The van der Waals surface area contributed by atoms with Crippen LogP contribution < -0.4 is 10.2 Å². The summed E-state index contributed by atoms with van der Waals surface area (Å²) in [5, 5.41) is 20.5. The minimum Gasteiger partial charge on any atom is -0.550 e. The van der Waals surface area contributed by atoms with E-state index in [2.05, 4.69) is 0 Å². The molecule has 1 aliphatic rings. The second-order valence-corrected chi connectivity index (χ2v) is 2.72. The van der Waals surface area contributed by atoms with Crippen LogP contribution in [0.3, 0.4) is 0 Å². The topological polar surface area (TPSA) is 83.3 Å². The third kappa shape index (κ3) is 1.19. The summed E-state index contributed by atoms with van der Waals surface area (Å²) in [7, 11) is 1.53. The van der Waals surface area contributed by atoms with E-state index in [1.54, 1.807) is 0 Å². The molecule has 0 amide bonds. The van der Waals surface area contributed by atoms with Crippen LogP contribution in [-0.2, 0) is 9.59 Å². The van der Waals surface area contributed by atoms with Crippen LogP contribution in [0.4, 0.5) is 0 Å². The van der Waals surface area contributed by atoms with Gasteiger partial charge in [0.15, 0.2) is 0 Å². The van der Waals surface area contributed by atoms with Crippen LogP contribution in [0.1, 0.15) is 6.42 Å². The van der Waals surface area contributed by atoms with E-state index in [0.717, 1.165) is 0 Å². The number of nitrogens with zero attached hydrogens (tertiary/aromatic N) is 1. The number of aliphatic carboxylic acids is 2. The Morgan fingerprint density at radius 3 is 2.09 bits per heavy atom. The van der Waals surface area contributed by atoms with Crippen LogP contribution >= 0.6 is 0 Å². The lowest BCUT2D eigenvalue weighted by Gasteiger charge is -2.17. The molecule has 2 atom stereocenters. The minimum atomic E-state index is -1.36. The summed E-state index contributed by atoms with van der Waals surface area (Å²) in [6, 6.07) is 0. The first-order chi connectivity index (χ1) is 4.99. The second kappa shape index (κ2) is 2.20. The second-order valence-electron chi connectivity index (χ2n) is 2.72. The number of carboxylic acid groups (broad SMARTS) is 2. The van der Waals surface area contributed by atoms with Gasteiger partial charge in [0, 0.05) is 18.9 Å². The van der Waals surface area contributed by atoms with Gasteiger partial charge >= 0.3 is 0 Å². The summed E-state index contributed by atoms with van der Waals surface area (Å²) in [6.07, 6.45) is -0.494. The summed E-state index contributed by atoms with van der Waals surface area (Å²) in [5.41, 5.74) is -1.29. The van der Waals surface area contributed by atoms with Gasteiger partial charge in [-0.2, -0.15) is 0 Å². The lowest BCUT2D eigenvalue weighted by Crippen LogP contribution is -2.45. The van der Waals surface area contributed by atoms with E-state index >= 15 is 0 Å². The third-order valence-corrected chi connectivity index (χ3v) is 1.94. The Bertz CT molecular complexity index is 215. The van der Waals surface area contributed by atoms with Gasteiger partial charge in [-0.05, 0) is 7.05 Å². The fraction of sp³-hybridized carbons (Fsp3) is 0.667. The van der Waals surface area contributed by atoms with Gasteiger partial charge in [-0.3, -0.25) is 4.90 Å². The molecular weight excluding hydrogens is 150 g/mol. The molecule has 0 aromatic heterocycles. The van der Waals surface area contributed by atoms with Crippen molar-refractivity contribution in [2.24, 2.45) is 0 Å². The summed E-state index contributed by atoms with van der Waals surface area (Å²) >= 11 is 0. The Hall–Kier alpha value is -1.10. The summed E-state index contributed by atoms with van der Waals surface area (Å²) in [4.78, 5) is 21.9. The number of rotatable bonds is 3. The van der Waals surface area contributed by atoms with E-state index in [4.69, 9.17) is 0 Å². The standard InChI is InChI=1S/C6H9NO4/c1-7-3-6(7,5(10)11)2-4(8)9/h2-3H2,1H3,(H,8,9)(H,10,11)/p-2. The van der Waals surface area contributed by atoms with Crippen molar-refractivity contribution in [2.45, 2.75) is 12.0 Å². The van der Waals surface area contributed by atoms with Gasteiger partial charge in [0.1, 0.15) is 0 Å². The van der Waals surface area contributed by atoms with Gasteiger partial charge in [-0.25, -0.2) is 0 Å². The zero-order valence-electron chi connectivity index (χ0n) is 5.99. The first kappa shape index (κ1) is 8.00. The average molecular weight is 157 g/mol. The number of hydrogen-bond acceptors (Lipinski definition) is 5. The van der Waals surface area contributed by atoms with Crippen LogP contribution in [0.15, 0.2) is 0 Å². The smallest absolute Gasteiger partial charge is 0.0786 e.